The number of hydroxylamine groups is 1. The Bertz CT molecular complexity index is 374. The van der Waals surface area contributed by atoms with Crippen LogP contribution in [-0.4, -0.2) is 35.9 Å². The number of nitrogens with zero attached hydrogens (tertiary/aromatic N) is 1. The van der Waals surface area contributed by atoms with Crippen LogP contribution in [0, 0.1) is 0 Å². The van der Waals surface area contributed by atoms with Gasteiger partial charge in [-0.2, -0.15) is 0 Å². The van der Waals surface area contributed by atoms with Gasteiger partial charge >= 0.3 is 5.97 Å². The van der Waals surface area contributed by atoms with Gasteiger partial charge in [0.1, 0.15) is 6.61 Å². The lowest BCUT2D eigenvalue weighted by Gasteiger charge is -1.99. The van der Waals surface area contributed by atoms with Crippen molar-refractivity contribution < 1.29 is 28.8 Å². The Morgan fingerprint density at radius 1 is 1.62 bits per heavy atom. The van der Waals surface area contributed by atoms with E-state index in [0.29, 0.717) is 5.76 Å². The summed E-state index contributed by atoms with van der Waals surface area (Å²) in [5, 5.41) is 11.7. The second-order valence-corrected chi connectivity index (χ2v) is 2.73. The molecule has 0 spiro atoms. The van der Waals surface area contributed by atoms with Crippen LogP contribution >= 0.6 is 0 Å². The topological polar surface area (TPSA) is 111 Å². The number of aliphatic carboxylic acids is 1. The highest BCUT2D eigenvalue weighted by Gasteiger charge is 2.12. The number of hydrogen-bond acceptors (Lipinski definition) is 6. The first-order valence-electron chi connectivity index (χ1n) is 4.22. The second-order valence-electron chi connectivity index (χ2n) is 2.73. The normalized spacial score (nSPS) is 10.1. The summed E-state index contributed by atoms with van der Waals surface area (Å²) >= 11 is 0. The van der Waals surface area contributed by atoms with Gasteiger partial charge in [0, 0.05) is 13.2 Å². The van der Waals surface area contributed by atoms with E-state index in [1.165, 1.54) is 13.2 Å². The van der Waals surface area contributed by atoms with E-state index < -0.39 is 18.5 Å². The first kappa shape index (κ1) is 12.1. The van der Waals surface area contributed by atoms with Crippen LogP contribution in [0.25, 0.3) is 0 Å². The maximum Gasteiger partial charge on any atom is 0.332 e. The molecule has 0 atom stereocenters. The standard InChI is InChI=1S/C8H10N2O6/c1-14-3-5-2-6(9-16-5)8(13)10-15-4-7(11)12/h2H,3-4H2,1H3,(H,10,13)(H,11,12). The Morgan fingerprint density at radius 2 is 2.38 bits per heavy atom. The fourth-order valence-electron chi connectivity index (χ4n) is 0.846. The Morgan fingerprint density at radius 3 is 3.00 bits per heavy atom. The molecule has 0 saturated carbocycles. The number of ether oxygens (including phenoxy) is 1. The monoisotopic (exact) mass is 230 g/mol. The number of amides is 1. The van der Waals surface area contributed by atoms with Gasteiger partial charge in [-0.05, 0) is 0 Å². The Hall–Kier alpha value is -1.93. The molecule has 8 heteroatoms. The summed E-state index contributed by atoms with van der Waals surface area (Å²) in [5.41, 5.74) is 1.89. The highest BCUT2D eigenvalue weighted by molar-refractivity contribution is 5.91. The molecular formula is C8H10N2O6. The van der Waals surface area contributed by atoms with Gasteiger partial charge in [0.05, 0.1) is 0 Å². The number of carbonyl (C=O) groups is 2. The molecule has 1 rings (SSSR count). The van der Waals surface area contributed by atoms with Crippen molar-refractivity contribution in [3.8, 4) is 0 Å². The van der Waals surface area contributed by atoms with Gasteiger partial charge in [-0.1, -0.05) is 5.16 Å². The maximum absolute atomic E-state index is 11.3. The number of rotatable bonds is 6. The third-order valence-electron chi connectivity index (χ3n) is 1.44. The van der Waals surface area contributed by atoms with Gasteiger partial charge in [-0.25, -0.2) is 10.3 Å². The molecule has 0 aliphatic heterocycles. The van der Waals surface area contributed by atoms with Crippen LogP contribution in [0.2, 0.25) is 0 Å². The molecule has 2 N–H and O–H groups in total. The predicted octanol–water partition coefficient (Wildman–Crippen LogP) is -0.433. The van der Waals surface area contributed by atoms with Crippen LogP contribution in [0.5, 0.6) is 0 Å². The van der Waals surface area contributed by atoms with E-state index >= 15 is 0 Å². The maximum atomic E-state index is 11.3. The van der Waals surface area contributed by atoms with Crippen molar-refractivity contribution >= 4 is 11.9 Å². The summed E-state index contributed by atoms with van der Waals surface area (Å²) < 4.78 is 9.51. The van der Waals surface area contributed by atoms with E-state index in [4.69, 9.17) is 14.4 Å². The predicted molar refractivity (Wildman–Crippen MR) is 48.3 cm³/mol. The highest BCUT2D eigenvalue weighted by atomic mass is 16.7. The van der Waals surface area contributed by atoms with Crippen LogP contribution in [0.1, 0.15) is 16.2 Å². The molecule has 16 heavy (non-hydrogen) atoms. The molecular weight excluding hydrogens is 220 g/mol. The fourth-order valence-corrected chi connectivity index (χ4v) is 0.846. The average molecular weight is 230 g/mol. The van der Waals surface area contributed by atoms with E-state index in [9.17, 15) is 9.59 Å². The van der Waals surface area contributed by atoms with E-state index in [-0.39, 0.29) is 12.3 Å². The number of methoxy groups -OCH3 is 1. The van der Waals surface area contributed by atoms with E-state index in [1.54, 1.807) is 0 Å². The minimum absolute atomic E-state index is 0.0163. The van der Waals surface area contributed by atoms with Gasteiger partial charge in [0.25, 0.3) is 5.91 Å². The molecule has 0 unspecified atom stereocenters. The Labute approximate surface area is 90.1 Å². The van der Waals surface area contributed by atoms with Crippen LogP contribution < -0.4 is 5.48 Å². The van der Waals surface area contributed by atoms with Gasteiger partial charge in [-0.15, -0.1) is 0 Å². The van der Waals surface area contributed by atoms with E-state index in [2.05, 4.69) is 9.99 Å². The lowest BCUT2D eigenvalue weighted by atomic mass is 10.3. The minimum Gasteiger partial charge on any atom is -0.479 e. The van der Waals surface area contributed by atoms with Crippen molar-refractivity contribution in [1.82, 2.24) is 10.6 Å². The molecule has 1 amide bonds. The molecule has 0 aliphatic carbocycles. The van der Waals surface area contributed by atoms with Crippen molar-refractivity contribution in [3.63, 3.8) is 0 Å². The summed E-state index contributed by atoms with van der Waals surface area (Å²) in [5.74, 6) is -1.50. The number of nitrogens with one attached hydrogen (secondary N) is 1. The molecule has 0 fully saturated rings. The van der Waals surface area contributed by atoms with Gasteiger partial charge in [-0.3, -0.25) is 9.63 Å². The Kier molecular flexibility index (Phi) is 4.42. The molecule has 8 nitrogen and oxygen atoms in total. The van der Waals surface area contributed by atoms with Crippen molar-refractivity contribution in [3.05, 3.63) is 17.5 Å². The van der Waals surface area contributed by atoms with Crippen molar-refractivity contribution in [2.75, 3.05) is 13.7 Å². The van der Waals surface area contributed by atoms with Gasteiger partial charge in [0.15, 0.2) is 18.1 Å². The van der Waals surface area contributed by atoms with Crippen LogP contribution in [0.3, 0.4) is 0 Å². The van der Waals surface area contributed by atoms with Crippen molar-refractivity contribution in [2.45, 2.75) is 6.61 Å². The number of aromatic nitrogens is 1. The summed E-state index contributed by atoms with van der Waals surface area (Å²) in [6.45, 7) is -0.440. The fraction of sp³-hybridized carbons (Fsp3) is 0.375. The van der Waals surface area contributed by atoms with Crippen LogP contribution in [0.15, 0.2) is 10.6 Å². The molecule has 0 aliphatic rings. The SMILES string of the molecule is COCc1cc(C(=O)NOCC(=O)O)no1. The zero-order valence-electron chi connectivity index (χ0n) is 8.43. The summed E-state index contributed by atoms with van der Waals surface area (Å²) in [7, 11) is 1.47. The molecule has 88 valence electrons. The number of carbonyl (C=O) groups excluding carboxylic acids is 1. The van der Waals surface area contributed by atoms with Crippen molar-refractivity contribution in [1.29, 1.82) is 0 Å². The average Bonchev–Trinajstić information content (AvgIpc) is 2.66. The number of hydrogen-bond donors (Lipinski definition) is 2. The third-order valence-corrected chi connectivity index (χ3v) is 1.44. The smallest absolute Gasteiger partial charge is 0.332 e. The van der Waals surface area contributed by atoms with Gasteiger partial charge in [0.2, 0.25) is 0 Å². The zero-order chi connectivity index (χ0) is 12.0. The molecule has 1 aromatic rings. The quantitative estimate of drug-likeness (QED) is 0.637. The van der Waals surface area contributed by atoms with E-state index in [0.717, 1.165) is 0 Å². The largest absolute Gasteiger partial charge is 0.479 e. The molecule has 0 saturated heterocycles. The summed E-state index contributed by atoms with van der Waals surface area (Å²) in [6, 6.07) is 1.36. The zero-order valence-corrected chi connectivity index (χ0v) is 8.43. The lowest BCUT2D eigenvalue weighted by Crippen LogP contribution is -2.26. The Balaban J connectivity index is 2.43. The molecule has 0 bridgehead atoms. The van der Waals surface area contributed by atoms with Crippen LogP contribution in [0.4, 0.5) is 0 Å². The van der Waals surface area contributed by atoms with Crippen LogP contribution in [-0.2, 0) is 21.0 Å². The minimum atomic E-state index is -1.19. The highest BCUT2D eigenvalue weighted by Crippen LogP contribution is 2.04. The second kappa shape index (κ2) is 5.83. The van der Waals surface area contributed by atoms with Gasteiger partial charge < -0.3 is 14.4 Å². The molecule has 1 aromatic heterocycles. The molecule has 0 aromatic carbocycles. The molecule has 0 radical (unpaired) electrons. The van der Waals surface area contributed by atoms with E-state index in [1.807, 2.05) is 5.48 Å². The first-order valence-corrected chi connectivity index (χ1v) is 4.22. The number of carboxylic acid groups (broad SMARTS) is 1. The third kappa shape index (κ3) is 3.67. The summed E-state index contributed by atoms with van der Waals surface area (Å²) in [6.07, 6.45) is 0. The first-order chi connectivity index (χ1) is 7.63. The van der Waals surface area contributed by atoms with Crippen molar-refractivity contribution in [2.24, 2.45) is 0 Å². The molecule has 1 heterocycles. The summed E-state index contributed by atoms with van der Waals surface area (Å²) in [4.78, 5) is 25.7. The number of carboxylic acids is 1. The lowest BCUT2D eigenvalue weighted by molar-refractivity contribution is -0.144.